The lowest BCUT2D eigenvalue weighted by atomic mass is 10.3. The van der Waals surface area contributed by atoms with Crippen molar-refractivity contribution in [3.8, 4) is 0 Å². The molecule has 15 heavy (non-hydrogen) atoms. The zero-order valence-electron chi connectivity index (χ0n) is 8.62. The van der Waals surface area contributed by atoms with Gasteiger partial charge in [-0.05, 0) is 35.8 Å². The normalized spacial score (nSPS) is 10.1. The first-order valence-electron chi connectivity index (χ1n) is 4.57. The van der Waals surface area contributed by atoms with E-state index in [2.05, 4.69) is 15.9 Å². The lowest BCUT2D eigenvalue weighted by Crippen LogP contribution is -2.26. The summed E-state index contributed by atoms with van der Waals surface area (Å²) in [4.78, 5) is 22.7. The number of pyridine rings is 1. The van der Waals surface area contributed by atoms with E-state index in [1.807, 2.05) is 0 Å². The Bertz CT molecular complexity index is 425. The summed E-state index contributed by atoms with van der Waals surface area (Å²) in [5.41, 5.74) is 0.513. The lowest BCUT2D eigenvalue weighted by Gasteiger charge is -2.09. The molecule has 0 aliphatic rings. The van der Waals surface area contributed by atoms with E-state index in [0.29, 0.717) is 6.61 Å². The Balaban J connectivity index is 2.99. The molecular weight excluding hydrogens is 262 g/mol. The van der Waals surface area contributed by atoms with Crippen molar-refractivity contribution in [3.05, 3.63) is 32.7 Å². The molecule has 0 saturated carbocycles. The van der Waals surface area contributed by atoms with Gasteiger partial charge in [0.05, 0.1) is 6.61 Å². The maximum Gasteiger partial charge on any atom is 0.326 e. The second-order valence-corrected chi connectivity index (χ2v) is 3.85. The van der Waals surface area contributed by atoms with Crippen LogP contribution in [0.25, 0.3) is 0 Å². The van der Waals surface area contributed by atoms with Crippen molar-refractivity contribution >= 4 is 21.9 Å². The fraction of sp³-hybridized carbons (Fsp3) is 0.400. The third-order valence-electron chi connectivity index (χ3n) is 1.98. The SMILES string of the molecule is CCOC(=O)Cn1c(C)c(Br)ccc1=O. The minimum absolute atomic E-state index is 0.0437. The number of carbonyl (C=O) groups is 1. The number of halogens is 1. The summed E-state index contributed by atoms with van der Waals surface area (Å²) in [6.45, 7) is 3.78. The molecule has 0 bridgehead atoms. The van der Waals surface area contributed by atoms with Gasteiger partial charge >= 0.3 is 5.97 Å². The highest BCUT2D eigenvalue weighted by molar-refractivity contribution is 9.10. The standard InChI is InChI=1S/C10H12BrNO3/c1-3-15-10(14)6-12-7(2)8(11)4-5-9(12)13/h4-5H,3,6H2,1-2H3. The van der Waals surface area contributed by atoms with Crippen LogP contribution < -0.4 is 5.56 Å². The molecule has 5 heteroatoms. The van der Waals surface area contributed by atoms with Crippen LogP contribution in [-0.4, -0.2) is 17.1 Å². The quantitative estimate of drug-likeness (QED) is 0.784. The molecule has 0 aliphatic heterocycles. The molecule has 82 valence electrons. The third kappa shape index (κ3) is 2.92. The maximum atomic E-state index is 11.5. The molecule has 0 radical (unpaired) electrons. The van der Waals surface area contributed by atoms with Gasteiger partial charge in [-0.15, -0.1) is 0 Å². The van der Waals surface area contributed by atoms with E-state index in [9.17, 15) is 9.59 Å². The van der Waals surface area contributed by atoms with Crippen LogP contribution >= 0.6 is 15.9 Å². The van der Waals surface area contributed by atoms with Crippen LogP contribution in [0.1, 0.15) is 12.6 Å². The van der Waals surface area contributed by atoms with E-state index in [-0.39, 0.29) is 12.1 Å². The van der Waals surface area contributed by atoms with Gasteiger partial charge in [0, 0.05) is 16.2 Å². The van der Waals surface area contributed by atoms with Gasteiger partial charge in [-0.3, -0.25) is 9.59 Å². The number of hydrogen-bond donors (Lipinski definition) is 0. The van der Waals surface area contributed by atoms with Crippen LogP contribution in [0.15, 0.2) is 21.4 Å². The van der Waals surface area contributed by atoms with Crippen LogP contribution in [0.2, 0.25) is 0 Å². The molecule has 0 N–H and O–H groups in total. The summed E-state index contributed by atoms with van der Waals surface area (Å²) < 4.78 is 6.96. The lowest BCUT2D eigenvalue weighted by molar-refractivity contribution is -0.143. The van der Waals surface area contributed by atoms with Crippen molar-refractivity contribution in [2.75, 3.05) is 6.61 Å². The number of ether oxygens (including phenoxy) is 1. The van der Waals surface area contributed by atoms with Crippen molar-refractivity contribution in [3.63, 3.8) is 0 Å². The monoisotopic (exact) mass is 273 g/mol. The van der Waals surface area contributed by atoms with E-state index in [0.717, 1.165) is 10.2 Å². The summed E-state index contributed by atoms with van der Waals surface area (Å²) in [5, 5.41) is 0. The van der Waals surface area contributed by atoms with Gasteiger partial charge in [-0.25, -0.2) is 0 Å². The number of aromatic nitrogens is 1. The molecular formula is C10H12BrNO3. The minimum Gasteiger partial charge on any atom is -0.465 e. The number of hydrogen-bond acceptors (Lipinski definition) is 3. The first-order chi connectivity index (χ1) is 7.06. The number of nitrogens with zero attached hydrogens (tertiary/aromatic N) is 1. The van der Waals surface area contributed by atoms with E-state index >= 15 is 0 Å². The molecule has 1 aromatic rings. The largest absolute Gasteiger partial charge is 0.465 e. The number of esters is 1. The van der Waals surface area contributed by atoms with E-state index in [1.165, 1.54) is 10.6 Å². The van der Waals surface area contributed by atoms with Crippen LogP contribution in [0.5, 0.6) is 0 Å². The molecule has 0 saturated heterocycles. The average molecular weight is 274 g/mol. The fourth-order valence-corrected chi connectivity index (χ4v) is 1.53. The molecule has 0 unspecified atom stereocenters. The highest BCUT2D eigenvalue weighted by Gasteiger charge is 2.08. The van der Waals surface area contributed by atoms with E-state index in [4.69, 9.17) is 4.74 Å². The topological polar surface area (TPSA) is 48.3 Å². The molecule has 4 nitrogen and oxygen atoms in total. The van der Waals surface area contributed by atoms with Gasteiger partial charge in [-0.2, -0.15) is 0 Å². The van der Waals surface area contributed by atoms with Crippen LogP contribution in [-0.2, 0) is 16.1 Å². The van der Waals surface area contributed by atoms with E-state index < -0.39 is 5.97 Å². The van der Waals surface area contributed by atoms with Gasteiger partial charge in [0.2, 0.25) is 0 Å². The Morgan fingerprint density at radius 3 is 2.80 bits per heavy atom. The summed E-state index contributed by atoms with van der Waals surface area (Å²) in [6, 6.07) is 3.08. The smallest absolute Gasteiger partial charge is 0.326 e. The first kappa shape index (κ1) is 12.0. The molecule has 0 aliphatic carbocycles. The number of carbonyl (C=O) groups excluding carboxylic acids is 1. The first-order valence-corrected chi connectivity index (χ1v) is 5.37. The zero-order valence-corrected chi connectivity index (χ0v) is 10.2. The Morgan fingerprint density at radius 1 is 1.53 bits per heavy atom. The number of rotatable bonds is 3. The Hall–Kier alpha value is -1.10. The molecule has 0 aromatic carbocycles. The average Bonchev–Trinajstić information content (AvgIpc) is 2.19. The molecule has 0 spiro atoms. The predicted octanol–water partition coefficient (Wildman–Crippen LogP) is 1.48. The van der Waals surface area contributed by atoms with Gasteiger partial charge in [0.1, 0.15) is 6.54 Å². The van der Waals surface area contributed by atoms with Gasteiger partial charge in [-0.1, -0.05) is 0 Å². The Morgan fingerprint density at radius 2 is 2.20 bits per heavy atom. The third-order valence-corrected chi connectivity index (χ3v) is 2.82. The van der Waals surface area contributed by atoms with Crippen LogP contribution in [0.3, 0.4) is 0 Å². The van der Waals surface area contributed by atoms with Crippen molar-refractivity contribution in [1.82, 2.24) is 4.57 Å². The second kappa shape index (κ2) is 5.11. The fourth-order valence-electron chi connectivity index (χ4n) is 1.18. The van der Waals surface area contributed by atoms with Crippen LogP contribution in [0.4, 0.5) is 0 Å². The minimum atomic E-state index is -0.402. The van der Waals surface area contributed by atoms with Crippen molar-refractivity contribution in [2.24, 2.45) is 0 Å². The Kier molecular flexibility index (Phi) is 4.08. The molecule has 1 rings (SSSR count). The van der Waals surface area contributed by atoms with Crippen molar-refractivity contribution in [1.29, 1.82) is 0 Å². The predicted molar refractivity (Wildman–Crippen MR) is 59.8 cm³/mol. The summed E-state index contributed by atoms with van der Waals surface area (Å²) >= 11 is 3.30. The molecule has 1 aromatic heterocycles. The van der Waals surface area contributed by atoms with Gasteiger partial charge < -0.3 is 9.30 Å². The zero-order chi connectivity index (χ0) is 11.4. The molecule has 0 amide bonds. The van der Waals surface area contributed by atoms with Gasteiger partial charge in [0.25, 0.3) is 5.56 Å². The van der Waals surface area contributed by atoms with Crippen molar-refractivity contribution < 1.29 is 9.53 Å². The Labute approximate surface area is 96.0 Å². The second-order valence-electron chi connectivity index (χ2n) is 3.00. The molecule has 0 atom stereocenters. The van der Waals surface area contributed by atoms with Crippen molar-refractivity contribution in [2.45, 2.75) is 20.4 Å². The van der Waals surface area contributed by atoms with Gasteiger partial charge in [0.15, 0.2) is 0 Å². The summed E-state index contributed by atoms with van der Waals surface area (Å²) in [7, 11) is 0. The van der Waals surface area contributed by atoms with Crippen LogP contribution in [0, 0.1) is 6.92 Å². The van der Waals surface area contributed by atoms with E-state index in [1.54, 1.807) is 19.9 Å². The maximum absolute atomic E-state index is 11.5. The summed E-state index contributed by atoms with van der Waals surface area (Å²) in [6.07, 6.45) is 0. The molecule has 0 fully saturated rings. The summed E-state index contributed by atoms with van der Waals surface area (Å²) in [5.74, 6) is -0.402. The molecule has 1 heterocycles. The highest BCUT2D eigenvalue weighted by Crippen LogP contribution is 2.12. The highest BCUT2D eigenvalue weighted by atomic mass is 79.9.